The van der Waals surface area contributed by atoms with Gasteiger partial charge in [0.05, 0.1) is 11.8 Å². The largest absolute Gasteiger partial charge is 0.488 e. The van der Waals surface area contributed by atoms with E-state index in [9.17, 15) is 9.59 Å². The van der Waals surface area contributed by atoms with E-state index >= 15 is 0 Å². The Labute approximate surface area is 162 Å². The SMILES string of the molecule is O=C(O)c1ccc(COc2ccccc2/C=N\NC(=O)c2ccccc2)cc1. The average Bonchev–Trinajstić information content (AvgIpc) is 2.74. The van der Waals surface area contributed by atoms with Gasteiger partial charge in [0.1, 0.15) is 12.4 Å². The third-order valence-corrected chi connectivity index (χ3v) is 3.92. The third kappa shape index (κ3) is 5.04. The van der Waals surface area contributed by atoms with Crippen LogP contribution in [0, 0.1) is 0 Å². The zero-order valence-electron chi connectivity index (χ0n) is 14.9. The number of nitrogens with zero attached hydrogens (tertiary/aromatic N) is 1. The van der Waals surface area contributed by atoms with Crippen LogP contribution in [0.1, 0.15) is 31.8 Å². The molecule has 140 valence electrons. The lowest BCUT2D eigenvalue weighted by Crippen LogP contribution is -2.17. The van der Waals surface area contributed by atoms with Crippen LogP contribution in [0.25, 0.3) is 0 Å². The van der Waals surface area contributed by atoms with Gasteiger partial charge in [-0.1, -0.05) is 42.5 Å². The minimum atomic E-state index is -0.966. The van der Waals surface area contributed by atoms with Gasteiger partial charge in [-0.15, -0.1) is 0 Å². The van der Waals surface area contributed by atoms with Crippen molar-refractivity contribution in [1.29, 1.82) is 0 Å². The van der Waals surface area contributed by atoms with Crippen LogP contribution in [0.2, 0.25) is 0 Å². The van der Waals surface area contributed by atoms with Crippen molar-refractivity contribution in [3.05, 3.63) is 101 Å². The third-order valence-electron chi connectivity index (χ3n) is 3.92. The molecule has 6 nitrogen and oxygen atoms in total. The van der Waals surface area contributed by atoms with Crippen LogP contribution in [0.5, 0.6) is 5.75 Å². The maximum Gasteiger partial charge on any atom is 0.335 e. The summed E-state index contributed by atoms with van der Waals surface area (Å²) in [4.78, 5) is 22.9. The van der Waals surface area contributed by atoms with Crippen LogP contribution >= 0.6 is 0 Å². The number of hydrazone groups is 1. The van der Waals surface area contributed by atoms with Crippen LogP contribution in [0.15, 0.2) is 84.0 Å². The lowest BCUT2D eigenvalue weighted by molar-refractivity contribution is 0.0696. The fourth-order valence-electron chi connectivity index (χ4n) is 2.44. The average molecular weight is 374 g/mol. The molecule has 0 bridgehead atoms. The molecule has 0 saturated carbocycles. The summed E-state index contributed by atoms with van der Waals surface area (Å²) < 4.78 is 5.81. The molecule has 0 aliphatic rings. The zero-order chi connectivity index (χ0) is 19.8. The molecular formula is C22H18N2O4. The number of carboxylic acid groups (broad SMARTS) is 1. The molecule has 1 amide bonds. The van der Waals surface area contributed by atoms with Crippen molar-refractivity contribution < 1.29 is 19.4 Å². The number of ether oxygens (including phenoxy) is 1. The summed E-state index contributed by atoms with van der Waals surface area (Å²) in [5.41, 5.74) is 4.78. The quantitative estimate of drug-likeness (QED) is 0.487. The maximum absolute atomic E-state index is 12.0. The summed E-state index contributed by atoms with van der Waals surface area (Å²) in [6.07, 6.45) is 1.52. The Kier molecular flexibility index (Phi) is 6.15. The number of carbonyl (C=O) groups is 2. The standard InChI is InChI=1S/C22H18N2O4/c25-21(17-6-2-1-3-7-17)24-23-14-19-8-4-5-9-20(19)28-15-16-10-12-18(13-11-16)22(26)27/h1-14H,15H2,(H,24,25)(H,26,27)/b23-14-. The van der Waals surface area contributed by atoms with Gasteiger partial charge < -0.3 is 9.84 Å². The maximum atomic E-state index is 12.0. The lowest BCUT2D eigenvalue weighted by atomic mass is 10.1. The molecule has 3 aromatic rings. The zero-order valence-corrected chi connectivity index (χ0v) is 14.9. The highest BCUT2D eigenvalue weighted by molar-refractivity contribution is 5.95. The van der Waals surface area contributed by atoms with E-state index in [0.29, 0.717) is 16.9 Å². The van der Waals surface area contributed by atoms with E-state index in [4.69, 9.17) is 9.84 Å². The summed E-state index contributed by atoms with van der Waals surface area (Å²) in [7, 11) is 0. The highest BCUT2D eigenvalue weighted by Crippen LogP contribution is 2.18. The minimum Gasteiger partial charge on any atom is -0.488 e. The predicted octanol–water partition coefficient (Wildman–Crippen LogP) is 3.73. The van der Waals surface area contributed by atoms with Crippen molar-refractivity contribution in [2.24, 2.45) is 5.10 Å². The monoisotopic (exact) mass is 374 g/mol. The fourth-order valence-corrected chi connectivity index (χ4v) is 2.44. The first kappa shape index (κ1) is 18.8. The van der Waals surface area contributed by atoms with Crippen molar-refractivity contribution in [3.8, 4) is 5.75 Å². The van der Waals surface area contributed by atoms with Crippen LogP contribution in [-0.4, -0.2) is 23.2 Å². The van der Waals surface area contributed by atoms with Gasteiger partial charge in [-0.25, -0.2) is 10.2 Å². The second-order valence-corrected chi connectivity index (χ2v) is 5.89. The van der Waals surface area contributed by atoms with Gasteiger partial charge in [0.2, 0.25) is 0 Å². The summed E-state index contributed by atoms with van der Waals surface area (Å²) in [6.45, 7) is 0.279. The van der Waals surface area contributed by atoms with Crippen molar-refractivity contribution in [1.82, 2.24) is 5.43 Å². The van der Waals surface area contributed by atoms with Gasteiger partial charge in [-0.05, 0) is 42.0 Å². The van der Waals surface area contributed by atoms with Crippen molar-refractivity contribution in [2.45, 2.75) is 6.61 Å². The molecule has 0 aliphatic carbocycles. The van der Waals surface area contributed by atoms with Gasteiger partial charge >= 0.3 is 5.97 Å². The molecule has 0 saturated heterocycles. The van der Waals surface area contributed by atoms with Crippen LogP contribution in [-0.2, 0) is 6.61 Å². The molecular weight excluding hydrogens is 356 g/mol. The van der Waals surface area contributed by atoms with Gasteiger partial charge in [0.25, 0.3) is 5.91 Å². The van der Waals surface area contributed by atoms with Crippen LogP contribution < -0.4 is 10.2 Å². The van der Waals surface area contributed by atoms with Crippen molar-refractivity contribution in [3.63, 3.8) is 0 Å². The molecule has 3 rings (SSSR count). The van der Waals surface area contributed by atoms with Gasteiger partial charge in [-0.3, -0.25) is 4.79 Å². The molecule has 0 radical (unpaired) electrons. The molecule has 0 spiro atoms. The molecule has 0 heterocycles. The smallest absolute Gasteiger partial charge is 0.335 e. The summed E-state index contributed by atoms with van der Waals surface area (Å²) >= 11 is 0. The molecule has 0 fully saturated rings. The normalized spacial score (nSPS) is 10.6. The number of rotatable bonds is 7. The Bertz CT molecular complexity index is 983. The van der Waals surface area contributed by atoms with E-state index < -0.39 is 5.97 Å². The number of benzene rings is 3. The number of carbonyl (C=O) groups excluding carboxylic acids is 1. The first-order valence-electron chi connectivity index (χ1n) is 8.56. The van der Waals surface area contributed by atoms with E-state index in [1.807, 2.05) is 24.3 Å². The topological polar surface area (TPSA) is 88.0 Å². The Morgan fingerprint density at radius 3 is 2.29 bits per heavy atom. The molecule has 3 aromatic carbocycles. The second-order valence-electron chi connectivity index (χ2n) is 5.89. The van der Waals surface area contributed by atoms with E-state index in [1.54, 1.807) is 42.5 Å². The van der Waals surface area contributed by atoms with E-state index in [2.05, 4.69) is 10.5 Å². The Morgan fingerprint density at radius 1 is 0.893 bits per heavy atom. The Balaban J connectivity index is 1.62. The summed E-state index contributed by atoms with van der Waals surface area (Å²) in [5, 5.41) is 12.9. The van der Waals surface area contributed by atoms with E-state index in [0.717, 1.165) is 5.56 Å². The highest BCUT2D eigenvalue weighted by Gasteiger charge is 2.05. The number of nitrogens with one attached hydrogen (secondary N) is 1. The summed E-state index contributed by atoms with van der Waals surface area (Å²) in [6, 6.07) is 22.6. The van der Waals surface area contributed by atoms with Crippen molar-refractivity contribution >= 4 is 18.1 Å². The van der Waals surface area contributed by atoms with Crippen LogP contribution in [0.4, 0.5) is 0 Å². The molecule has 6 heteroatoms. The molecule has 0 atom stereocenters. The van der Waals surface area contributed by atoms with Gasteiger partial charge in [-0.2, -0.15) is 5.10 Å². The van der Waals surface area contributed by atoms with Gasteiger partial charge in [0.15, 0.2) is 0 Å². The molecule has 0 unspecified atom stereocenters. The van der Waals surface area contributed by atoms with E-state index in [-0.39, 0.29) is 18.1 Å². The van der Waals surface area contributed by atoms with Crippen LogP contribution in [0.3, 0.4) is 0 Å². The Morgan fingerprint density at radius 2 is 1.57 bits per heavy atom. The fraction of sp³-hybridized carbons (Fsp3) is 0.0455. The first-order chi connectivity index (χ1) is 13.6. The molecule has 2 N–H and O–H groups in total. The predicted molar refractivity (Wildman–Crippen MR) is 106 cm³/mol. The first-order valence-corrected chi connectivity index (χ1v) is 8.56. The Hall–Kier alpha value is -3.93. The van der Waals surface area contributed by atoms with E-state index in [1.165, 1.54) is 18.3 Å². The number of hydrogen-bond donors (Lipinski definition) is 2. The number of hydrogen-bond acceptors (Lipinski definition) is 4. The number of carboxylic acids is 1. The second kappa shape index (κ2) is 9.14. The molecule has 0 aliphatic heterocycles. The number of para-hydroxylation sites is 1. The number of aromatic carboxylic acids is 1. The molecule has 28 heavy (non-hydrogen) atoms. The summed E-state index contributed by atoms with van der Waals surface area (Å²) in [5.74, 6) is -0.664. The van der Waals surface area contributed by atoms with Gasteiger partial charge in [0, 0.05) is 11.1 Å². The number of amides is 1. The highest BCUT2D eigenvalue weighted by atomic mass is 16.5. The molecule has 0 aromatic heterocycles. The minimum absolute atomic E-state index is 0.227. The lowest BCUT2D eigenvalue weighted by Gasteiger charge is -2.09. The van der Waals surface area contributed by atoms with Crippen molar-refractivity contribution in [2.75, 3.05) is 0 Å².